The summed E-state index contributed by atoms with van der Waals surface area (Å²) in [5.41, 5.74) is 0. The van der Waals surface area contributed by atoms with Gasteiger partial charge >= 0.3 is 0 Å². The number of hydrogen-bond donors (Lipinski definition) is 0. The Morgan fingerprint density at radius 2 is 1.32 bits per heavy atom. The van der Waals surface area contributed by atoms with Gasteiger partial charge < -0.3 is 0 Å². The third kappa shape index (κ3) is 9.52. The molecule has 2 atom stereocenters. The van der Waals surface area contributed by atoms with E-state index in [0.29, 0.717) is 0 Å². The zero-order chi connectivity index (χ0) is 13.8. The maximum atomic E-state index is 2.45. The molecule has 0 amide bonds. The van der Waals surface area contributed by atoms with Crippen LogP contribution in [0.5, 0.6) is 0 Å². The van der Waals surface area contributed by atoms with E-state index in [1.807, 2.05) is 0 Å². The Balaban J connectivity index is 1.78. The van der Waals surface area contributed by atoms with Gasteiger partial charge in [-0.15, -0.1) is 0 Å². The Morgan fingerprint density at radius 3 is 1.89 bits per heavy atom. The van der Waals surface area contributed by atoms with Crippen molar-refractivity contribution in [1.29, 1.82) is 0 Å². The topological polar surface area (TPSA) is 0 Å². The second-order valence-corrected chi connectivity index (χ2v) is 7.11. The van der Waals surface area contributed by atoms with Gasteiger partial charge in [0.2, 0.25) is 0 Å². The lowest BCUT2D eigenvalue weighted by Crippen LogP contribution is -2.12. The maximum Gasteiger partial charge on any atom is -0.0412 e. The molecule has 0 aliphatic heterocycles. The molecule has 0 spiro atoms. The molecule has 1 saturated carbocycles. The van der Waals surface area contributed by atoms with Crippen LogP contribution in [-0.4, -0.2) is 0 Å². The van der Waals surface area contributed by atoms with Crippen LogP contribution in [0, 0.1) is 11.8 Å². The highest BCUT2D eigenvalue weighted by Crippen LogP contribution is 2.31. The van der Waals surface area contributed by atoms with Crippen molar-refractivity contribution in [3.05, 3.63) is 0 Å². The van der Waals surface area contributed by atoms with Crippen LogP contribution in [0.25, 0.3) is 0 Å². The molecule has 0 N–H and O–H groups in total. The number of rotatable bonds is 11. The van der Waals surface area contributed by atoms with E-state index in [0.717, 1.165) is 11.8 Å². The van der Waals surface area contributed by atoms with E-state index in [1.54, 1.807) is 0 Å². The molecule has 1 aliphatic rings. The van der Waals surface area contributed by atoms with Crippen molar-refractivity contribution < 1.29 is 0 Å². The molecule has 0 saturated heterocycles. The minimum absolute atomic E-state index is 1.02. The fourth-order valence-corrected chi connectivity index (χ4v) is 3.74. The normalized spacial score (nSPS) is 23.7. The molecule has 114 valence electrons. The molecule has 0 unspecified atom stereocenters. The smallest absolute Gasteiger partial charge is 0.0412 e. The molecule has 0 heteroatoms. The van der Waals surface area contributed by atoms with Crippen molar-refractivity contribution in [3.63, 3.8) is 0 Å². The lowest BCUT2D eigenvalue weighted by Gasteiger charge is -2.26. The Hall–Kier alpha value is 0. The van der Waals surface area contributed by atoms with Gasteiger partial charge in [0.15, 0.2) is 0 Å². The summed E-state index contributed by atoms with van der Waals surface area (Å²) in [5.74, 6) is 2.10. The van der Waals surface area contributed by atoms with Gasteiger partial charge in [-0.05, 0) is 18.3 Å². The van der Waals surface area contributed by atoms with Crippen molar-refractivity contribution in [2.75, 3.05) is 0 Å². The first-order chi connectivity index (χ1) is 9.33. The van der Waals surface area contributed by atoms with Gasteiger partial charge in [-0.25, -0.2) is 0 Å². The number of hydrogen-bond acceptors (Lipinski definition) is 0. The van der Waals surface area contributed by atoms with E-state index in [4.69, 9.17) is 0 Å². The summed E-state index contributed by atoms with van der Waals surface area (Å²) in [5, 5.41) is 0. The minimum atomic E-state index is 1.02. The summed E-state index contributed by atoms with van der Waals surface area (Å²) in [6.07, 6.45) is 22.3. The maximum absolute atomic E-state index is 2.45. The SMILES string of the molecule is CCCCCCCCCCCC[C@@H]1CCC[C@H](C)C1. The number of unbranched alkanes of at least 4 members (excludes halogenated alkanes) is 9. The van der Waals surface area contributed by atoms with Gasteiger partial charge in [-0.3, -0.25) is 0 Å². The second-order valence-electron chi connectivity index (χ2n) is 7.11. The molecule has 0 aromatic carbocycles. The van der Waals surface area contributed by atoms with E-state index in [1.165, 1.54) is 96.3 Å². The first-order valence-electron chi connectivity index (χ1n) is 9.33. The Labute approximate surface area is 122 Å². The van der Waals surface area contributed by atoms with Crippen LogP contribution in [0.15, 0.2) is 0 Å². The lowest BCUT2D eigenvalue weighted by atomic mass is 9.80. The van der Waals surface area contributed by atoms with Crippen molar-refractivity contribution in [2.24, 2.45) is 11.8 Å². The van der Waals surface area contributed by atoms with Crippen LogP contribution < -0.4 is 0 Å². The van der Waals surface area contributed by atoms with Crippen molar-refractivity contribution in [1.82, 2.24) is 0 Å². The van der Waals surface area contributed by atoms with Crippen LogP contribution >= 0.6 is 0 Å². The average molecular weight is 267 g/mol. The Morgan fingerprint density at radius 1 is 0.737 bits per heavy atom. The summed E-state index contributed by atoms with van der Waals surface area (Å²) in [6, 6.07) is 0. The summed E-state index contributed by atoms with van der Waals surface area (Å²) in [7, 11) is 0. The summed E-state index contributed by atoms with van der Waals surface area (Å²) in [4.78, 5) is 0. The first-order valence-corrected chi connectivity index (χ1v) is 9.33. The molecule has 1 rings (SSSR count). The van der Waals surface area contributed by atoms with E-state index in [-0.39, 0.29) is 0 Å². The quantitative estimate of drug-likeness (QED) is 0.349. The fourth-order valence-electron chi connectivity index (χ4n) is 3.74. The molecule has 0 bridgehead atoms. The summed E-state index contributed by atoms with van der Waals surface area (Å²) < 4.78 is 0. The van der Waals surface area contributed by atoms with Gasteiger partial charge in [0, 0.05) is 0 Å². The van der Waals surface area contributed by atoms with E-state index < -0.39 is 0 Å². The van der Waals surface area contributed by atoms with Crippen molar-refractivity contribution >= 4 is 0 Å². The largest absolute Gasteiger partial charge is 0.0654 e. The molecule has 0 aromatic rings. The van der Waals surface area contributed by atoms with Gasteiger partial charge in [-0.1, -0.05) is 104 Å². The zero-order valence-electron chi connectivity index (χ0n) is 13.8. The predicted molar refractivity (Wildman–Crippen MR) is 87.6 cm³/mol. The fraction of sp³-hybridized carbons (Fsp3) is 1.00. The molecule has 0 heterocycles. The highest BCUT2D eigenvalue weighted by atomic mass is 14.2. The standard InChI is InChI=1S/C19H38/c1-3-4-5-6-7-8-9-10-11-12-15-19-16-13-14-18(2)17-19/h18-19H,3-17H2,1-2H3/t18-,19+/m0/s1. The zero-order valence-corrected chi connectivity index (χ0v) is 13.8. The highest BCUT2D eigenvalue weighted by Gasteiger charge is 2.17. The molecular weight excluding hydrogens is 228 g/mol. The first kappa shape index (κ1) is 17.1. The highest BCUT2D eigenvalue weighted by molar-refractivity contribution is 4.70. The third-order valence-electron chi connectivity index (χ3n) is 5.01. The van der Waals surface area contributed by atoms with Gasteiger partial charge in [0.25, 0.3) is 0 Å². The molecule has 1 aliphatic carbocycles. The third-order valence-corrected chi connectivity index (χ3v) is 5.01. The molecular formula is C19H38. The molecule has 19 heavy (non-hydrogen) atoms. The van der Waals surface area contributed by atoms with Crippen LogP contribution in [-0.2, 0) is 0 Å². The van der Waals surface area contributed by atoms with Gasteiger partial charge in [0.1, 0.15) is 0 Å². The molecule has 0 aromatic heterocycles. The van der Waals surface area contributed by atoms with E-state index in [2.05, 4.69) is 13.8 Å². The monoisotopic (exact) mass is 266 g/mol. The van der Waals surface area contributed by atoms with Crippen LogP contribution in [0.2, 0.25) is 0 Å². The summed E-state index contributed by atoms with van der Waals surface area (Å²) in [6.45, 7) is 4.75. The van der Waals surface area contributed by atoms with Crippen molar-refractivity contribution in [2.45, 2.75) is 110 Å². The minimum Gasteiger partial charge on any atom is -0.0654 e. The molecule has 0 radical (unpaired) electrons. The van der Waals surface area contributed by atoms with Crippen LogP contribution in [0.1, 0.15) is 110 Å². The van der Waals surface area contributed by atoms with E-state index in [9.17, 15) is 0 Å². The van der Waals surface area contributed by atoms with Crippen LogP contribution in [0.4, 0.5) is 0 Å². The Kier molecular flexibility index (Phi) is 10.6. The summed E-state index contributed by atoms with van der Waals surface area (Å²) >= 11 is 0. The predicted octanol–water partition coefficient (Wildman–Crippen LogP) is 7.12. The average Bonchev–Trinajstić information content (AvgIpc) is 2.41. The van der Waals surface area contributed by atoms with E-state index >= 15 is 0 Å². The Bertz CT molecular complexity index is 184. The second kappa shape index (κ2) is 11.8. The van der Waals surface area contributed by atoms with Gasteiger partial charge in [0.05, 0.1) is 0 Å². The van der Waals surface area contributed by atoms with Crippen molar-refractivity contribution in [3.8, 4) is 0 Å². The molecule has 0 nitrogen and oxygen atoms in total. The van der Waals surface area contributed by atoms with Crippen LogP contribution in [0.3, 0.4) is 0 Å². The van der Waals surface area contributed by atoms with Gasteiger partial charge in [-0.2, -0.15) is 0 Å². The molecule has 1 fully saturated rings. The lowest BCUT2D eigenvalue weighted by molar-refractivity contribution is 0.263.